The predicted octanol–water partition coefficient (Wildman–Crippen LogP) is 5.14. The highest BCUT2D eigenvalue weighted by Crippen LogP contribution is 2.29. The molecule has 20 heavy (non-hydrogen) atoms. The van der Waals surface area contributed by atoms with Crippen molar-refractivity contribution in [3.63, 3.8) is 0 Å². The Hall–Kier alpha value is -0.990. The zero-order chi connectivity index (χ0) is 14.9. The fourth-order valence-corrected chi connectivity index (χ4v) is 3.34. The molecule has 108 valence electrons. The van der Waals surface area contributed by atoms with Crippen molar-refractivity contribution in [2.45, 2.75) is 46.4 Å². The quantitative estimate of drug-likeness (QED) is 0.715. The van der Waals surface area contributed by atoms with Crippen LogP contribution in [-0.2, 0) is 12.3 Å². The molecule has 0 unspecified atom stereocenters. The number of hydrogen-bond donors (Lipinski definition) is 0. The fraction of sp³-hybridized carbons (Fsp3) is 0.438. The van der Waals surface area contributed by atoms with Crippen LogP contribution < -0.4 is 0 Å². The first-order valence-corrected chi connectivity index (χ1v) is 7.81. The maximum atomic E-state index is 6.50. The summed E-state index contributed by atoms with van der Waals surface area (Å²) in [6.45, 7) is 8.41. The molecule has 2 rings (SSSR count). The van der Waals surface area contributed by atoms with Gasteiger partial charge in [0, 0.05) is 5.56 Å². The SMILES string of the molecule is CCCc1nn(-c2c(C)cc(C)cc2C)c(Cl)c1CCl. The van der Waals surface area contributed by atoms with E-state index in [1.54, 1.807) is 0 Å². The fourth-order valence-electron chi connectivity index (χ4n) is 2.70. The van der Waals surface area contributed by atoms with Gasteiger partial charge in [0.15, 0.2) is 0 Å². The lowest BCUT2D eigenvalue weighted by molar-refractivity contribution is 0.798. The Kier molecular flexibility index (Phi) is 4.77. The van der Waals surface area contributed by atoms with E-state index in [-0.39, 0.29) is 0 Å². The molecule has 0 saturated heterocycles. The van der Waals surface area contributed by atoms with Gasteiger partial charge in [-0.2, -0.15) is 5.10 Å². The Balaban J connectivity index is 2.64. The van der Waals surface area contributed by atoms with Crippen LogP contribution in [0.5, 0.6) is 0 Å². The molecule has 0 bridgehead atoms. The molecule has 0 aliphatic carbocycles. The van der Waals surface area contributed by atoms with Crippen molar-refractivity contribution in [3.8, 4) is 5.69 Å². The van der Waals surface area contributed by atoms with E-state index in [2.05, 4.69) is 39.8 Å². The highest BCUT2D eigenvalue weighted by atomic mass is 35.5. The summed E-state index contributed by atoms with van der Waals surface area (Å²) in [7, 11) is 0. The molecule has 4 heteroatoms. The zero-order valence-corrected chi connectivity index (χ0v) is 13.9. The van der Waals surface area contributed by atoms with Gasteiger partial charge in [-0.05, 0) is 38.3 Å². The molecule has 0 radical (unpaired) electrons. The number of halogens is 2. The molecule has 2 aromatic rings. The second-order valence-corrected chi connectivity index (χ2v) is 5.88. The van der Waals surface area contributed by atoms with E-state index in [0.717, 1.165) is 29.8 Å². The number of hydrogen-bond acceptors (Lipinski definition) is 1. The number of alkyl halides is 1. The summed E-state index contributed by atoms with van der Waals surface area (Å²) in [6.07, 6.45) is 1.93. The van der Waals surface area contributed by atoms with Gasteiger partial charge in [-0.25, -0.2) is 4.68 Å². The van der Waals surface area contributed by atoms with E-state index in [1.807, 2.05) is 4.68 Å². The monoisotopic (exact) mass is 310 g/mol. The number of benzene rings is 1. The lowest BCUT2D eigenvalue weighted by Crippen LogP contribution is -2.03. The maximum Gasteiger partial charge on any atom is 0.137 e. The smallest absolute Gasteiger partial charge is 0.137 e. The van der Waals surface area contributed by atoms with Crippen LogP contribution in [-0.4, -0.2) is 9.78 Å². The summed E-state index contributed by atoms with van der Waals surface area (Å²) in [4.78, 5) is 0. The van der Waals surface area contributed by atoms with Gasteiger partial charge in [-0.3, -0.25) is 0 Å². The third kappa shape index (κ3) is 2.72. The van der Waals surface area contributed by atoms with Crippen molar-refractivity contribution >= 4 is 23.2 Å². The van der Waals surface area contributed by atoms with Gasteiger partial charge >= 0.3 is 0 Å². The van der Waals surface area contributed by atoms with Gasteiger partial charge in [-0.15, -0.1) is 11.6 Å². The topological polar surface area (TPSA) is 17.8 Å². The molecule has 0 saturated carbocycles. The summed E-state index contributed by atoms with van der Waals surface area (Å²) >= 11 is 12.5. The minimum Gasteiger partial charge on any atom is -0.221 e. The van der Waals surface area contributed by atoms with E-state index in [0.29, 0.717) is 11.0 Å². The minimum atomic E-state index is 0.401. The van der Waals surface area contributed by atoms with E-state index < -0.39 is 0 Å². The molecular formula is C16H20Cl2N2. The van der Waals surface area contributed by atoms with Crippen molar-refractivity contribution in [2.75, 3.05) is 0 Å². The third-order valence-electron chi connectivity index (χ3n) is 3.47. The maximum absolute atomic E-state index is 6.50. The molecule has 2 nitrogen and oxygen atoms in total. The molecule has 0 N–H and O–H groups in total. The summed E-state index contributed by atoms with van der Waals surface area (Å²) in [6, 6.07) is 4.31. The second kappa shape index (κ2) is 6.19. The van der Waals surface area contributed by atoms with Crippen molar-refractivity contribution in [1.29, 1.82) is 0 Å². The second-order valence-electron chi connectivity index (χ2n) is 5.26. The Morgan fingerprint density at radius 3 is 2.25 bits per heavy atom. The van der Waals surface area contributed by atoms with Gasteiger partial charge < -0.3 is 0 Å². The summed E-state index contributed by atoms with van der Waals surface area (Å²) in [5, 5.41) is 5.33. The molecule has 1 heterocycles. The van der Waals surface area contributed by atoms with Crippen LogP contribution in [0.3, 0.4) is 0 Å². The van der Waals surface area contributed by atoms with Crippen LogP contribution in [0.4, 0.5) is 0 Å². The summed E-state index contributed by atoms with van der Waals surface area (Å²) in [5.41, 5.74) is 6.63. The van der Waals surface area contributed by atoms with E-state index in [1.165, 1.54) is 16.7 Å². The van der Waals surface area contributed by atoms with Crippen LogP contribution in [0.15, 0.2) is 12.1 Å². The highest BCUT2D eigenvalue weighted by molar-refractivity contribution is 6.31. The Bertz CT molecular complexity index is 607. The van der Waals surface area contributed by atoms with Gasteiger partial charge in [0.1, 0.15) is 5.15 Å². The molecule has 0 aliphatic heterocycles. The minimum absolute atomic E-state index is 0.401. The first kappa shape index (κ1) is 15.4. The molecule has 0 aliphatic rings. The molecule has 0 fully saturated rings. The largest absolute Gasteiger partial charge is 0.221 e. The first-order chi connectivity index (χ1) is 9.49. The van der Waals surface area contributed by atoms with Gasteiger partial charge in [0.2, 0.25) is 0 Å². The van der Waals surface area contributed by atoms with Crippen molar-refractivity contribution in [1.82, 2.24) is 9.78 Å². The molecule has 0 spiro atoms. The Morgan fingerprint density at radius 1 is 1.15 bits per heavy atom. The van der Waals surface area contributed by atoms with E-state index >= 15 is 0 Å². The number of aryl methyl sites for hydroxylation is 4. The van der Waals surface area contributed by atoms with E-state index in [9.17, 15) is 0 Å². The van der Waals surface area contributed by atoms with Crippen molar-refractivity contribution in [3.05, 3.63) is 45.2 Å². The standard InChI is InChI=1S/C16H20Cl2N2/c1-5-6-14-13(9-17)16(18)20(19-14)15-11(3)7-10(2)8-12(15)4/h7-8H,5-6,9H2,1-4H3. The highest BCUT2D eigenvalue weighted by Gasteiger charge is 2.18. The van der Waals surface area contributed by atoms with Crippen LogP contribution in [0.25, 0.3) is 5.69 Å². The lowest BCUT2D eigenvalue weighted by Gasteiger charge is -2.12. The number of aromatic nitrogens is 2. The van der Waals surface area contributed by atoms with Crippen LogP contribution in [0, 0.1) is 20.8 Å². The molecule has 1 aromatic heterocycles. The van der Waals surface area contributed by atoms with Gasteiger partial charge in [0.05, 0.1) is 17.3 Å². The normalized spacial score (nSPS) is 11.1. The molecule has 1 aromatic carbocycles. The predicted molar refractivity (Wildman–Crippen MR) is 86.3 cm³/mol. The summed E-state index contributed by atoms with van der Waals surface area (Å²) < 4.78 is 1.84. The molecule has 0 atom stereocenters. The lowest BCUT2D eigenvalue weighted by atomic mass is 10.1. The first-order valence-electron chi connectivity index (χ1n) is 6.90. The third-order valence-corrected chi connectivity index (χ3v) is 4.13. The Morgan fingerprint density at radius 2 is 1.75 bits per heavy atom. The van der Waals surface area contributed by atoms with Crippen LogP contribution in [0.1, 0.15) is 41.3 Å². The summed E-state index contributed by atoms with van der Waals surface area (Å²) in [5.74, 6) is 0.401. The number of nitrogens with zero attached hydrogens (tertiary/aromatic N) is 2. The average molecular weight is 311 g/mol. The molecular weight excluding hydrogens is 291 g/mol. The van der Waals surface area contributed by atoms with Crippen molar-refractivity contribution < 1.29 is 0 Å². The molecule has 0 amide bonds. The zero-order valence-electron chi connectivity index (χ0n) is 12.4. The van der Waals surface area contributed by atoms with Gasteiger partial charge in [-0.1, -0.05) is 42.6 Å². The van der Waals surface area contributed by atoms with Crippen molar-refractivity contribution in [2.24, 2.45) is 0 Å². The van der Waals surface area contributed by atoms with Crippen LogP contribution in [0.2, 0.25) is 5.15 Å². The van der Waals surface area contributed by atoms with Gasteiger partial charge in [0.25, 0.3) is 0 Å². The van der Waals surface area contributed by atoms with Crippen LogP contribution >= 0.6 is 23.2 Å². The Labute approximate surface area is 130 Å². The average Bonchev–Trinajstić information content (AvgIpc) is 2.65. The number of rotatable bonds is 4. The van der Waals surface area contributed by atoms with E-state index in [4.69, 9.17) is 28.3 Å².